The van der Waals surface area contributed by atoms with Crippen molar-refractivity contribution in [2.24, 2.45) is 0 Å². The molecular formula is C2H6ClKO2. The first kappa shape index (κ1) is 15.7. The van der Waals surface area contributed by atoms with E-state index in [1.807, 2.05) is 0 Å². The van der Waals surface area contributed by atoms with Gasteiger partial charge in [-0.15, -0.1) is 12.4 Å². The van der Waals surface area contributed by atoms with Crippen LogP contribution in [0, 0.1) is 0 Å². The molecule has 1 N–H and O–H groups in total. The topological polar surface area (TPSA) is 37.3 Å². The van der Waals surface area contributed by atoms with Crippen molar-refractivity contribution in [2.45, 2.75) is 6.92 Å². The molecule has 6 heavy (non-hydrogen) atoms. The summed E-state index contributed by atoms with van der Waals surface area (Å²) in [6.45, 7) is 1.08. The van der Waals surface area contributed by atoms with Gasteiger partial charge in [0.2, 0.25) is 0 Å². The molecular weight excluding hydrogens is 131 g/mol. The Kier molecular flexibility index (Phi) is 25.1. The summed E-state index contributed by atoms with van der Waals surface area (Å²) in [6.07, 6.45) is 0. The predicted octanol–water partition coefficient (Wildman–Crippen LogP) is -2.37. The van der Waals surface area contributed by atoms with Gasteiger partial charge in [0.1, 0.15) is 0 Å². The van der Waals surface area contributed by atoms with Crippen LogP contribution in [0.3, 0.4) is 0 Å². The molecule has 0 atom stereocenters. The van der Waals surface area contributed by atoms with Crippen molar-refractivity contribution in [3.8, 4) is 0 Å². The second kappa shape index (κ2) is 9.64. The molecule has 0 fully saturated rings. The quantitative estimate of drug-likeness (QED) is 0.378. The zero-order chi connectivity index (χ0) is 3.58. The van der Waals surface area contributed by atoms with E-state index in [2.05, 4.69) is 0 Å². The minimum absolute atomic E-state index is 0. The van der Waals surface area contributed by atoms with Gasteiger partial charge in [-0.2, -0.15) is 0 Å². The summed E-state index contributed by atoms with van der Waals surface area (Å²) in [6, 6.07) is 0. The van der Waals surface area contributed by atoms with Gasteiger partial charge in [-0.05, 0) is 0 Å². The van der Waals surface area contributed by atoms with E-state index in [0.717, 1.165) is 6.92 Å². The normalized spacial score (nSPS) is 4.17. The Hall–Kier alpha value is 1.40. The smallest absolute Gasteiger partial charge is 1.00 e. The molecule has 0 unspecified atom stereocenters. The molecule has 0 aromatic heterocycles. The number of hydrogen-bond donors (Lipinski definition) is 1. The monoisotopic (exact) mass is 136 g/mol. The Labute approximate surface area is 86.6 Å². The predicted molar refractivity (Wildman–Crippen MR) is 21.7 cm³/mol. The van der Waals surface area contributed by atoms with Crippen molar-refractivity contribution in [1.29, 1.82) is 0 Å². The van der Waals surface area contributed by atoms with Crippen LogP contribution in [-0.2, 0) is 4.79 Å². The van der Waals surface area contributed by atoms with Crippen LogP contribution in [0.4, 0.5) is 0 Å². The van der Waals surface area contributed by atoms with Gasteiger partial charge in [0.25, 0.3) is 5.97 Å². The average molecular weight is 137 g/mol. The molecule has 0 aliphatic heterocycles. The van der Waals surface area contributed by atoms with E-state index in [0.29, 0.717) is 0 Å². The Morgan fingerprint density at radius 2 is 1.83 bits per heavy atom. The second-order valence-corrected chi connectivity index (χ2v) is 0.519. The minimum Gasteiger partial charge on any atom is -1.00 e. The van der Waals surface area contributed by atoms with E-state index in [1.165, 1.54) is 0 Å². The van der Waals surface area contributed by atoms with Crippen LogP contribution in [0.5, 0.6) is 0 Å². The van der Waals surface area contributed by atoms with Crippen LogP contribution in [0.15, 0.2) is 0 Å². The number of rotatable bonds is 0. The van der Waals surface area contributed by atoms with E-state index in [1.54, 1.807) is 0 Å². The summed E-state index contributed by atoms with van der Waals surface area (Å²) < 4.78 is 0. The van der Waals surface area contributed by atoms with Gasteiger partial charge < -0.3 is 6.53 Å². The molecule has 0 spiro atoms. The number of carbonyl (C=O) groups is 1. The first-order valence-corrected chi connectivity index (χ1v) is 0.928. The summed E-state index contributed by atoms with van der Waals surface area (Å²) in [5.74, 6) is -0.833. The molecule has 4 heteroatoms. The van der Waals surface area contributed by atoms with Gasteiger partial charge in [0.05, 0.1) is 0 Å². The molecule has 0 bridgehead atoms. The molecule has 0 amide bonds. The molecule has 0 aromatic carbocycles. The van der Waals surface area contributed by atoms with Crippen LogP contribution in [0.2, 0.25) is 0 Å². The molecule has 0 aliphatic rings. The van der Waals surface area contributed by atoms with Crippen molar-refractivity contribution < 1.29 is 62.7 Å². The third-order valence-corrected chi connectivity index (χ3v) is 0. The minimum atomic E-state index is -0.833. The molecule has 0 radical (unpaired) electrons. The zero-order valence-electron chi connectivity index (χ0n) is 4.76. The summed E-state index contributed by atoms with van der Waals surface area (Å²) in [4.78, 5) is 9.00. The number of carboxylic acid groups (broad SMARTS) is 1. The fraction of sp³-hybridized carbons (Fsp3) is 0.500. The molecule has 0 heterocycles. The molecule has 0 aromatic rings. The Balaban J connectivity index is -0.0000000150. The summed E-state index contributed by atoms with van der Waals surface area (Å²) >= 11 is 0. The van der Waals surface area contributed by atoms with Gasteiger partial charge in [0.15, 0.2) is 0 Å². The molecule has 0 aliphatic carbocycles. The summed E-state index contributed by atoms with van der Waals surface area (Å²) in [7, 11) is 0. The van der Waals surface area contributed by atoms with Crippen molar-refractivity contribution in [2.75, 3.05) is 0 Å². The van der Waals surface area contributed by atoms with E-state index in [4.69, 9.17) is 9.90 Å². The maximum absolute atomic E-state index is 9.00. The SMILES string of the molecule is CC(=O)O.Cl.[H-].[K+]. The number of carboxylic acids is 1. The summed E-state index contributed by atoms with van der Waals surface area (Å²) in [5.41, 5.74) is 0. The van der Waals surface area contributed by atoms with Crippen molar-refractivity contribution in [3.05, 3.63) is 0 Å². The van der Waals surface area contributed by atoms with Crippen LogP contribution in [0.25, 0.3) is 0 Å². The van der Waals surface area contributed by atoms with Gasteiger partial charge in [0, 0.05) is 6.92 Å². The number of aliphatic carboxylic acids is 1. The van der Waals surface area contributed by atoms with Gasteiger partial charge in [-0.25, -0.2) is 0 Å². The molecule has 2 nitrogen and oxygen atoms in total. The molecule has 34 valence electrons. The first-order chi connectivity index (χ1) is 1.73. The standard InChI is InChI=1S/C2H4O2.ClH.K.H/c1-2(3)4;;;/h1H3,(H,3,4);1H;;/q;;+1;-1. The maximum atomic E-state index is 9.00. The van der Waals surface area contributed by atoms with E-state index in [9.17, 15) is 0 Å². The van der Waals surface area contributed by atoms with Crippen LogP contribution in [0.1, 0.15) is 8.35 Å². The number of halogens is 1. The van der Waals surface area contributed by atoms with Crippen LogP contribution >= 0.6 is 12.4 Å². The largest absolute Gasteiger partial charge is 1.00 e. The average Bonchev–Trinajstić information content (AvgIpc) is 0.811. The fourth-order valence-corrected chi connectivity index (χ4v) is 0. The maximum Gasteiger partial charge on any atom is 1.00 e. The van der Waals surface area contributed by atoms with E-state index >= 15 is 0 Å². The van der Waals surface area contributed by atoms with Gasteiger partial charge >= 0.3 is 51.4 Å². The van der Waals surface area contributed by atoms with Crippen molar-refractivity contribution in [3.63, 3.8) is 0 Å². The van der Waals surface area contributed by atoms with Crippen LogP contribution < -0.4 is 51.4 Å². The molecule has 0 saturated heterocycles. The fourth-order valence-electron chi connectivity index (χ4n) is 0. The summed E-state index contributed by atoms with van der Waals surface area (Å²) in [5, 5.41) is 7.42. The zero-order valence-corrected chi connectivity index (χ0v) is 7.70. The van der Waals surface area contributed by atoms with Crippen molar-refractivity contribution in [1.82, 2.24) is 0 Å². The molecule has 0 rings (SSSR count). The van der Waals surface area contributed by atoms with E-state index < -0.39 is 5.97 Å². The second-order valence-electron chi connectivity index (χ2n) is 0.519. The Morgan fingerprint density at radius 1 is 1.83 bits per heavy atom. The Morgan fingerprint density at radius 3 is 1.83 bits per heavy atom. The Bertz CT molecular complexity index is 38.7. The molecule has 0 saturated carbocycles. The first-order valence-electron chi connectivity index (χ1n) is 0.928. The van der Waals surface area contributed by atoms with Gasteiger partial charge in [-0.3, -0.25) is 4.79 Å². The third-order valence-electron chi connectivity index (χ3n) is 0. The van der Waals surface area contributed by atoms with Crippen molar-refractivity contribution >= 4 is 18.4 Å². The van der Waals surface area contributed by atoms with E-state index in [-0.39, 0.29) is 65.2 Å². The van der Waals surface area contributed by atoms with Gasteiger partial charge in [-0.1, -0.05) is 0 Å². The third kappa shape index (κ3) is 53.5. The van der Waals surface area contributed by atoms with Crippen LogP contribution in [-0.4, -0.2) is 11.1 Å². The number of hydrogen-bond acceptors (Lipinski definition) is 1.